The van der Waals surface area contributed by atoms with E-state index in [2.05, 4.69) is 0 Å². The lowest BCUT2D eigenvalue weighted by atomic mass is 9.97. The van der Waals surface area contributed by atoms with Crippen LogP contribution in [-0.4, -0.2) is 5.78 Å². The lowest BCUT2D eigenvalue weighted by Crippen LogP contribution is -2.12. The van der Waals surface area contributed by atoms with Crippen LogP contribution in [0.15, 0.2) is 18.2 Å². The highest BCUT2D eigenvalue weighted by molar-refractivity contribution is 6.36. The third-order valence-electron chi connectivity index (χ3n) is 2.72. The monoisotopic (exact) mass is 228 g/mol. The second kappa shape index (κ2) is 3.25. The summed E-state index contributed by atoms with van der Waals surface area (Å²) in [5.41, 5.74) is 0.369. The molecule has 0 atom stereocenters. The maximum Gasteiger partial charge on any atom is 0.170 e. The summed E-state index contributed by atoms with van der Waals surface area (Å²) in [5.74, 6) is 0.116. The Balaban J connectivity index is 2.40. The summed E-state index contributed by atoms with van der Waals surface area (Å²) >= 11 is 11.8. The van der Waals surface area contributed by atoms with Crippen molar-refractivity contribution in [2.75, 3.05) is 0 Å². The van der Waals surface area contributed by atoms with E-state index in [1.54, 1.807) is 18.2 Å². The number of halogens is 2. The Morgan fingerprint density at radius 3 is 2.57 bits per heavy atom. The molecular formula is C11H10Cl2O. The molecule has 1 aromatic carbocycles. The number of hydrogen-bond donors (Lipinski definition) is 0. The molecule has 14 heavy (non-hydrogen) atoms. The maximum absolute atomic E-state index is 12.0. The molecule has 2 rings (SSSR count). The fraction of sp³-hybridized carbons (Fsp3) is 0.364. The van der Waals surface area contributed by atoms with Gasteiger partial charge in [-0.15, -0.1) is 0 Å². The number of carbonyl (C=O) groups is 1. The summed E-state index contributed by atoms with van der Waals surface area (Å²) in [6, 6.07) is 5.01. The highest BCUT2D eigenvalue weighted by atomic mass is 35.5. The first-order chi connectivity index (χ1) is 6.53. The Labute approximate surface area is 93.0 Å². The molecule has 1 aliphatic rings. The van der Waals surface area contributed by atoms with Crippen molar-refractivity contribution in [1.82, 2.24) is 0 Å². The molecule has 0 aromatic heterocycles. The zero-order valence-corrected chi connectivity index (χ0v) is 9.32. The molecule has 0 aliphatic heterocycles. The molecule has 0 heterocycles. The average Bonchev–Trinajstić information content (AvgIpc) is 2.88. The van der Waals surface area contributed by atoms with Crippen LogP contribution in [0, 0.1) is 5.41 Å². The zero-order valence-electron chi connectivity index (χ0n) is 7.81. The molecule has 0 saturated heterocycles. The van der Waals surface area contributed by atoms with E-state index < -0.39 is 0 Å². The summed E-state index contributed by atoms with van der Waals surface area (Å²) < 4.78 is 0. The van der Waals surface area contributed by atoms with Gasteiger partial charge in [0.1, 0.15) is 0 Å². The maximum atomic E-state index is 12.0. The van der Waals surface area contributed by atoms with Crippen LogP contribution in [0.25, 0.3) is 0 Å². The van der Waals surface area contributed by atoms with Crippen LogP contribution in [0.4, 0.5) is 0 Å². The van der Waals surface area contributed by atoms with E-state index >= 15 is 0 Å². The Kier molecular flexibility index (Phi) is 2.32. The fourth-order valence-electron chi connectivity index (χ4n) is 1.41. The summed E-state index contributed by atoms with van der Waals surface area (Å²) in [6.07, 6.45) is 1.91. The molecule has 0 amide bonds. The topological polar surface area (TPSA) is 17.1 Å². The van der Waals surface area contributed by atoms with Crippen LogP contribution in [0.3, 0.4) is 0 Å². The van der Waals surface area contributed by atoms with E-state index in [-0.39, 0.29) is 11.2 Å². The van der Waals surface area contributed by atoms with Crippen LogP contribution in [-0.2, 0) is 0 Å². The van der Waals surface area contributed by atoms with Gasteiger partial charge in [-0.3, -0.25) is 4.79 Å². The number of carbonyl (C=O) groups excluding carboxylic acids is 1. The van der Waals surface area contributed by atoms with Crippen LogP contribution in [0.2, 0.25) is 10.0 Å². The molecular weight excluding hydrogens is 219 g/mol. The molecule has 0 spiro atoms. The van der Waals surface area contributed by atoms with Gasteiger partial charge in [0, 0.05) is 16.0 Å². The van der Waals surface area contributed by atoms with Gasteiger partial charge in [-0.05, 0) is 31.0 Å². The number of Topliss-reactive ketones (excluding diaryl/α,β-unsaturated/α-hetero) is 1. The predicted octanol–water partition coefficient (Wildman–Crippen LogP) is 3.98. The van der Waals surface area contributed by atoms with Gasteiger partial charge < -0.3 is 0 Å². The minimum Gasteiger partial charge on any atom is -0.294 e. The van der Waals surface area contributed by atoms with Gasteiger partial charge in [0.25, 0.3) is 0 Å². The van der Waals surface area contributed by atoms with Crippen LogP contribution in [0.5, 0.6) is 0 Å². The van der Waals surface area contributed by atoms with E-state index in [0.717, 1.165) is 12.8 Å². The van der Waals surface area contributed by atoms with Crippen molar-refractivity contribution in [2.24, 2.45) is 5.41 Å². The van der Waals surface area contributed by atoms with Crippen molar-refractivity contribution >= 4 is 29.0 Å². The van der Waals surface area contributed by atoms with Gasteiger partial charge >= 0.3 is 0 Å². The predicted molar refractivity (Wildman–Crippen MR) is 58.1 cm³/mol. The van der Waals surface area contributed by atoms with E-state index in [4.69, 9.17) is 23.2 Å². The number of hydrogen-bond acceptors (Lipinski definition) is 1. The van der Waals surface area contributed by atoms with Gasteiger partial charge in [-0.25, -0.2) is 0 Å². The van der Waals surface area contributed by atoms with Crippen molar-refractivity contribution in [1.29, 1.82) is 0 Å². The highest BCUT2D eigenvalue weighted by Gasteiger charge is 2.45. The Morgan fingerprint density at radius 1 is 1.36 bits per heavy atom. The van der Waals surface area contributed by atoms with E-state index in [1.165, 1.54) is 0 Å². The largest absolute Gasteiger partial charge is 0.294 e. The van der Waals surface area contributed by atoms with Crippen LogP contribution < -0.4 is 0 Å². The van der Waals surface area contributed by atoms with E-state index in [9.17, 15) is 4.79 Å². The minimum absolute atomic E-state index is 0.116. The molecule has 0 N–H and O–H groups in total. The lowest BCUT2D eigenvalue weighted by Gasteiger charge is -2.08. The van der Waals surface area contributed by atoms with Gasteiger partial charge in [0.2, 0.25) is 0 Å². The van der Waals surface area contributed by atoms with E-state index in [1.807, 2.05) is 6.92 Å². The Morgan fingerprint density at radius 2 is 2.00 bits per heavy atom. The quantitative estimate of drug-likeness (QED) is 0.701. The van der Waals surface area contributed by atoms with Crippen molar-refractivity contribution in [2.45, 2.75) is 19.8 Å². The molecule has 1 fully saturated rings. The second-order valence-electron chi connectivity index (χ2n) is 4.01. The molecule has 1 saturated carbocycles. The Hall–Kier alpha value is -0.530. The molecule has 3 heteroatoms. The molecule has 1 nitrogen and oxygen atoms in total. The molecule has 0 unspecified atom stereocenters. The molecule has 0 bridgehead atoms. The summed E-state index contributed by atoms with van der Waals surface area (Å²) in [7, 11) is 0. The molecule has 1 aliphatic carbocycles. The van der Waals surface area contributed by atoms with Crippen LogP contribution in [0.1, 0.15) is 30.1 Å². The molecule has 1 aromatic rings. The fourth-order valence-corrected chi connectivity index (χ4v) is 1.79. The highest BCUT2D eigenvalue weighted by Crippen LogP contribution is 2.48. The lowest BCUT2D eigenvalue weighted by molar-refractivity contribution is 0.0912. The first-order valence-electron chi connectivity index (χ1n) is 4.53. The van der Waals surface area contributed by atoms with Crippen molar-refractivity contribution in [3.8, 4) is 0 Å². The number of rotatable bonds is 2. The summed E-state index contributed by atoms with van der Waals surface area (Å²) in [6.45, 7) is 1.96. The average molecular weight is 229 g/mol. The smallest absolute Gasteiger partial charge is 0.170 e. The van der Waals surface area contributed by atoms with Gasteiger partial charge in [-0.2, -0.15) is 0 Å². The zero-order chi connectivity index (χ0) is 10.3. The standard InChI is InChI=1S/C11H10Cl2O/c1-11(4-5-11)10(14)8-6-7(12)2-3-9(8)13/h2-3,6H,4-5H2,1H3. The van der Waals surface area contributed by atoms with Gasteiger partial charge in [-0.1, -0.05) is 30.1 Å². The summed E-state index contributed by atoms with van der Waals surface area (Å²) in [4.78, 5) is 12.0. The van der Waals surface area contributed by atoms with E-state index in [0.29, 0.717) is 15.6 Å². The Bertz CT molecular complexity index is 394. The summed E-state index contributed by atoms with van der Waals surface area (Å²) in [5, 5.41) is 1.05. The number of ketones is 1. The van der Waals surface area contributed by atoms with Crippen LogP contribution >= 0.6 is 23.2 Å². The normalized spacial score (nSPS) is 17.9. The van der Waals surface area contributed by atoms with Gasteiger partial charge in [0.05, 0.1) is 5.02 Å². The first kappa shape index (κ1) is 10.0. The van der Waals surface area contributed by atoms with Crippen molar-refractivity contribution in [3.63, 3.8) is 0 Å². The van der Waals surface area contributed by atoms with Crippen molar-refractivity contribution in [3.05, 3.63) is 33.8 Å². The second-order valence-corrected chi connectivity index (χ2v) is 4.86. The third-order valence-corrected chi connectivity index (χ3v) is 3.29. The SMILES string of the molecule is CC1(C(=O)c2cc(Cl)ccc2Cl)CC1. The van der Waals surface area contributed by atoms with Crippen molar-refractivity contribution < 1.29 is 4.79 Å². The minimum atomic E-state index is -0.186. The number of benzene rings is 1. The molecule has 0 radical (unpaired) electrons. The molecule has 74 valence electrons. The first-order valence-corrected chi connectivity index (χ1v) is 5.28. The van der Waals surface area contributed by atoms with Gasteiger partial charge in [0.15, 0.2) is 5.78 Å². The third kappa shape index (κ3) is 1.67.